The second-order valence-corrected chi connectivity index (χ2v) is 6.84. The van der Waals surface area contributed by atoms with Crippen molar-refractivity contribution in [2.75, 3.05) is 0 Å². The van der Waals surface area contributed by atoms with E-state index < -0.39 is 0 Å². The average Bonchev–Trinajstić information content (AvgIpc) is 3.04. The number of H-pyrrole nitrogens is 1. The van der Waals surface area contributed by atoms with E-state index in [1.54, 1.807) is 28.3 Å². The summed E-state index contributed by atoms with van der Waals surface area (Å²) in [5, 5.41) is 0.668. The Labute approximate surface area is 147 Å². The number of hydrogen-bond donors (Lipinski definition) is 1. The SMILES string of the molecule is O=c1c2cc(-c3ccccc3)sc2[nH]c(=S)n1Cc1ccncc1. The first-order valence-electron chi connectivity index (χ1n) is 7.43. The highest BCUT2D eigenvalue weighted by atomic mass is 32.1. The zero-order valence-corrected chi connectivity index (χ0v) is 14.2. The number of rotatable bonds is 3. The molecule has 4 nitrogen and oxygen atoms in total. The van der Waals surface area contributed by atoms with E-state index in [4.69, 9.17) is 12.2 Å². The van der Waals surface area contributed by atoms with Gasteiger partial charge in [0.1, 0.15) is 4.83 Å². The van der Waals surface area contributed by atoms with Gasteiger partial charge in [-0.05, 0) is 41.5 Å². The van der Waals surface area contributed by atoms with Gasteiger partial charge in [-0.3, -0.25) is 14.3 Å². The summed E-state index contributed by atoms with van der Waals surface area (Å²) < 4.78 is 2.03. The summed E-state index contributed by atoms with van der Waals surface area (Å²) in [5.74, 6) is 0. The largest absolute Gasteiger partial charge is 0.323 e. The third-order valence-corrected chi connectivity index (χ3v) is 5.24. The Hall–Kier alpha value is -2.57. The first kappa shape index (κ1) is 15.0. The van der Waals surface area contributed by atoms with Gasteiger partial charge in [0.25, 0.3) is 5.56 Å². The van der Waals surface area contributed by atoms with Crippen LogP contribution in [0.3, 0.4) is 0 Å². The highest BCUT2D eigenvalue weighted by Crippen LogP contribution is 2.30. The summed E-state index contributed by atoms with van der Waals surface area (Å²) in [4.78, 5) is 21.9. The van der Waals surface area contributed by atoms with Crippen LogP contribution in [-0.2, 0) is 6.54 Å². The molecule has 0 fully saturated rings. The van der Waals surface area contributed by atoms with E-state index in [1.165, 1.54) is 0 Å². The Morgan fingerprint density at radius 1 is 1.12 bits per heavy atom. The average molecular weight is 351 g/mol. The highest BCUT2D eigenvalue weighted by Gasteiger charge is 2.11. The van der Waals surface area contributed by atoms with Crippen LogP contribution in [0.5, 0.6) is 0 Å². The van der Waals surface area contributed by atoms with Crippen molar-refractivity contribution in [2.24, 2.45) is 0 Å². The van der Waals surface area contributed by atoms with E-state index in [9.17, 15) is 4.79 Å². The van der Waals surface area contributed by atoms with Crippen LogP contribution in [0, 0.1) is 4.77 Å². The molecule has 0 unspecified atom stereocenters. The zero-order valence-electron chi connectivity index (χ0n) is 12.6. The first-order chi connectivity index (χ1) is 11.7. The Morgan fingerprint density at radius 3 is 2.62 bits per heavy atom. The third-order valence-electron chi connectivity index (χ3n) is 3.82. The number of aromatic nitrogens is 3. The predicted octanol–water partition coefficient (Wildman–Crippen LogP) is 4.23. The number of aromatic amines is 1. The van der Waals surface area contributed by atoms with Gasteiger partial charge in [0.2, 0.25) is 0 Å². The summed E-state index contributed by atoms with van der Waals surface area (Å²) in [6, 6.07) is 15.7. The van der Waals surface area contributed by atoms with Gasteiger partial charge in [-0.15, -0.1) is 11.3 Å². The van der Waals surface area contributed by atoms with Gasteiger partial charge in [-0.25, -0.2) is 0 Å². The fourth-order valence-corrected chi connectivity index (χ4v) is 3.97. The summed E-state index contributed by atoms with van der Waals surface area (Å²) in [7, 11) is 0. The topological polar surface area (TPSA) is 50.7 Å². The maximum atomic E-state index is 12.9. The lowest BCUT2D eigenvalue weighted by Crippen LogP contribution is -2.22. The molecule has 0 atom stereocenters. The molecule has 1 aromatic carbocycles. The molecule has 0 radical (unpaired) electrons. The fourth-order valence-electron chi connectivity index (χ4n) is 2.60. The van der Waals surface area contributed by atoms with Gasteiger partial charge < -0.3 is 4.98 Å². The molecule has 24 heavy (non-hydrogen) atoms. The molecule has 4 rings (SSSR count). The molecule has 0 saturated heterocycles. The van der Waals surface area contributed by atoms with Gasteiger partial charge in [0.05, 0.1) is 11.9 Å². The van der Waals surface area contributed by atoms with Crippen molar-refractivity contribution in [1.82, 2.24) is 14.5 Å². The molecule has 0 aliphatic carbocycles. The highest BCUT2D eigenvalue weighted by molar-refractivity contribution is 7.71. The first-order valence-corrected chi connectivity index (χ1v) is 8.66. The van der Waals surface area contributed by atoms with Crippen molar-refractivity contribution >= 4 is 33.8 Å². The van der Waals surface area contributed by atoms with Gasteiger partial charge in [0, 0.05) is 17.3 Å². The van der Waals surface area contributed by atoms with E-state index in [-0.39, 0.29) is 5.56 Å². The molecule has 0 aliphatic heterocycles. The number of nitrogens with one attached hydrogen (secondary N) is 1. The van der Waals surface area contributed by atoms with Crippen LogP contribution >= 0.6 is 23.6 Å². The third kappa shape index (κ3) is 2.70. The predicted molar refractivity (Wildman–Crippen MR) is 100 cm³/mol. The molecule has 3 heterocycles. The summed E-state index contributed by atoms with van der Waals surface area (Å²) >= 11 is 6.94. The fraction of sp³-hybridized carbons (Fsp3) is 0.0556. The minimum atomic E-state index is -0.0657. The van der Waals surface area contributed by atoms with Crippen molar-refractivity contribution in [3.8, 4) is 10.4 Å². The lowest BCUT2D eigenvalue weighted by molar-refractivity contribution is 0.734. The summed E-state index contributed by atoms with van der Waals surface area (Å²) in [5.41, 5.74) is 2.02. The van der Waals surface area contributed by atoms with Crippen molar-refractivity contribution in [2.45, 2.75) is 6.54 Å². The number of thiophene rings is 1. The molecule has 1 N–H and O–H groups in total. The Bertz CT molecular complexity index is 1110. The molecule has 0 saturated carbocycles. The van der Waals surface area contributed by atoms with Crippen LogP contribution in [0.15, 0.2) is 65.7 Å². The Balaban J connectivity index is 1.85. The molecular weight excluding hydrogens is 338 g/mol. The van der Waals surface area contributed by atoms with Crippen LogP contribution < -0.4 is 5.56 Å². The van der Waals surface area contributed by atoms with Crippen molar-refractivity contribution in [3.05, 3.63) is 81.6 Å². The summed E-state index contributed by atoms with van der Waals surface area (Å²) in [6.07, 6.45) is 3.42. The number of benzene rings is 1. The quantitative estimate of drug-likeness (QED) is 0.562. The normalized spacial score (nSPS) is 11.0. The number of nitrogens with zero attached hydrogens (tertiary/aromatic N) is 2. The molecule has 118 valence electrons. The summed E-state index contributed by atoms with van der Waals surface area (Å²) in [6.45, 7) is 0.434. The van der Waals surface area contributed by atoms with Crippen LogP contribution in [0.4, 0.5) is 0 Å². The zero-order chi connectivity index (χ0) is 16.5. The maximum absolute atomic E-state index is 12.9. The minimum absolute atomic E-state index is 0.0657. The van der Waals surface area contributed by atoms with Crippen molar-refractivity contribution in [3.63, 3.8) is 0 Å². The van der Waals surface area contributed by atoms with E-state index in [1.807, 2.05) is 48.5 Å². The van der Waals surface area contributed by atoms with Gasteiger partial charge in [0.15, 0.2) is 4.77 Å². The maximum Gasteiger partial charge on any atom is 0.263 e. The molecule has 0 amide bonds. The molecule has 4 aromatic rings. The van der Waals surface area contributed by atoms with Crippen molar-refractivity contribution < 1.29 is 0 Å². The standard InChI is InChI=1S/C18H13N3OS2/c22-17-14-10-15(13-4-2-1-3-5-13)24-16(14)20-18(23)21(17)11-12-6-8-19-9-7-12/h1-10H,11H2,(H,20,23). The number of fused-ring (bicyclic) bond motifs is 1. The van der Waals surface area contributed by atoms with E-state index >= 15 is 0 Å². The van der Waals surface area contributed by atoms with Crippen LogP contribution in [0.25, 0.3) is 20.7 Å². The minimum Gasteiger partial charge on any atom is -0.323 e. The molecule has 3 aromatic heterocycles. The second kappa shape index (κ2) is 6.14. The lowest BCUT2D eigenvalue weighted by atomic mass is 10.2. The van der Waals surface area contributed by atoms with E-state index in [0.717, 1.165) is 20.8 Å². The molecule has 6 heteroatoms. The second-order valence-electron chi connectivity index (χ2n) is 5.40. The van der Waals surface area contributed by atoms with Crippen LogP contribution in [0.2, 0.25) is 0 Å². The number of pyridine rings is 1. The van der Waals surface area contributed by atoms with Gasteiger partial charge in [-0.1, -0.05) is 30.3 Å². The molecule has 0 aliphatic rings. The van der Waals surface area contributed by atoms with Gasteiger partial charge >= 0.3 is 0 Å². The van der Waals surface area contributed by atoms with Gasteiger partial charge in [-0.2, -0.15) is 0 Å². The van der Waals surface area contributed by atoms with Crippen LogP contribution in [-0.4, -0.2) is 14.5 Å². The van der Waals surface area contributed by atoms with E-state index in [0.29, 0.717) is 16.7 Å². The lowest BCUT2D eigenvalue weighted by Gasteiger charge is -2.06. The van der Waals surface area contributed by atoms with Crippen molar-refractivity contribution in [1.29, 1.82) is 0 Å². The molecular formula is C18H13N3OS2. The number of hydrogen-bond acceptors (Lipinski definition) is 4. The Morgan fingerprint density at radius 2 is 1.88 bits per heavy atom. The monoisotopic (exact) mass is 351 g/mol. The smallest absolute Gasteiger partial charge is 0.263 e. The molecule has 0 spiro atoms. The van der Waals surface area contributed by atoms with E-state index in [2.05, 4.69) is 9.97 Å². The Kier molecular flexibility index (Phi) is 3.84. The van der Waals surface area contributed by atoms with Crippen LogP contribution in [0.1, 0.15) is 5.56 Å². The molecule has 0 bridgehead atoms.